The van der Waals surface area contributed by atoms with E-state index in [2.05, 4.69) is 33.9 Å². The first-order chi connectivity index (χ1) is 20.2. The summed E-state index contributed by atoms with van der Waals surface area (Å²) in [7, 11) is 0. The third-order valence-corrected chi connectivity index (χ3v) is 8.88. The zero-order valence-electron chi connectivity index (χ0n) is 24.4. The number of nitrogens with one attached hydrogen (secondary N) is 2. The van der Waals surface area contributed by atoms with Crippen molar-refractivity contribution >= 4 is 40.2 Å². The summed E-state index contributed by atoms with van der Waals surface area (Å²) >= 11 is 0. The van der Waals surface area contributed by atoms with Crippen LogP contribution in [0, 0.1) is 17.6 Å². The van der Waals surface area contributed by atoms with Crippen molar-refractivity contribution in [1.29, 1.82) is 0 Å². The molecular weight excluding hydrogens is 578 g/mol. The molecule has 0 unspecified atom stereocenters. The molecule has 232 valence electrons. The van der Waals surface area contributed by atoms with Crippen molar-refractivity contribution in [3.05, 3.63) is 65.6 Å². The number of hydrogen-bond acceptors (Lipinski definition) is 6. The van der Waals surface area contributed by atoms with E-state index in [-0.39, 0.29) is 48.0 Å². The fourth-order valence-electron chi connectivity index (χ4n) is 6.36. The molecule has 3 atom stereocenters. The molecule has 8 nitrogen and oxygen atoms in total. The van der Waals surface area contributed by atoms with Crippen LogP contribution in [0.15, 0.2) is 47.1 Å². The number of carbonyl (C=O) groups is 1. The van der Waals surface area contributed by atoms with Crippen molar-refractivity contribution in [3.63, 3.8) is 0 Å². The number of furan rings is 1. The largest absolute Gasteiger partial charge is 0.488 e. The van der Waals surface area contributed by atoms with Gasteiger partial charge in [0.15, 0.2) is 0 Å². The lowest BCUT2D eigenvalue weighted by molar-refractivity contribution is 0.0115. The Labute approximate surface area is 255 Å². The van der Waals surface area contributed by atoms with Gasteiger partial charge in [-0.05, 0) is 50.3 Å². The highest BCUT2D eigenvalue weighted by Crippen LogP contribution is 2.30. The van der Waals surface area contributed by atoms with Gasteiger partial charge < -0.3 is 29.5 Å². The van der Waals surface area contributed by atoms with E-state index in [1.807, 2.05) is 12.1 Å². The Kier molecular flexibility index (Phi) is 9.60. The van der Waals surface area contributed by atoms with E-state index < -0.39 is 11.6 Å². The second-order valence-corrected chi connectivity index (χ2v) is 11.9. The second kappa shape index (κ2) is 13.2. The lowest BCUT2D eigenvalue weighted by atomic mass is 9.95. The summed E-state index contributed by atoms with van der Waals surface area (Å²) in [6.07, 6.45) is 3.80. The zero-order valence-corrected chi connectivity index (χ0v) is 25.3. The SMILES string of the molecule is C[C@H]1CN([C@@H](C)CN2CCC(NC(=O)c3cc4c(OCc5coc6cc(F)cc(F)c56)cccc4[nH]3)CC2)CC[C@@H]1O.Cl. The number of aromatic nitrogens is 1. The van der Waals surface area contributed by atoms with E-state index in [1.165, 1.54) is 6.26 Å². The molecule has 6 rings (SSSR count). The number of ether oxygens (including phenoxy) is 1. The molecule has 2 aromatic carbocycles. The molecule has 2 aliphatic rings. The highest BCUT2D eigenvalue weighted by atomic mass is 35.5. The van der Waals surface area contributed by atoms with E-state index in [1.54, 1.807) is 12.1 Å². The number of H-pyrrole nitrogens is 1. The number of aliphatic hydroxyl groups excluding tert-OH is 1. The van der Waals surface area contributed by atoms with Crippen LogP contribution in [0.5, 0.6) is 5.75 Å². The van der Waals surface area contributed by atoms with E-state index in [9.17, 15) is 18.7 Å². The van der Waals surface area contributed by atoms with Gasteiger partial charge in [0.1, 0.15) is 35.3 Å². The van der Waals surface area contributed by atoms with E-state index in [4.69, 9.17) is 9.15 Å². The average molecular weight is 617 g/mol. The maximum absolute atomic E-state index is 14.4. The quantitative estimate of drug-likeness (QED) is 0.243. The monoisotopic (exact) mass is 616 g/mol. The Bertz CT molecular complexity index is 1570. The molecule has 0 radical (unpaired) electrons. The van der Waals surface area contributed by atoms with Crippen molar-refractivity contribution in [3.8, 4) is 5.75 Å². The number of benzene rings is 2. The van der Waals surface area contributed by atoms with Gasteiger partial charge in [-0.15, -0.1) is 12.4 Å². The summed E-state index contributed by atoms with van der Waals surface area (Å²) in [4.78, 5) is 21.3. The molecule has 2 aliphatic heterocycles. The molecule has 1 amide bonds. The summed E-state index contributed by atoms with van der Waals surface area (Å²) in [5, 5.41) is 14.2. The lowest BCUT2D eigenvalue weighted by Gasteiger charge is -2.41. The van der Waals surface area contributed by atoms with Crippen molar-refractivity contribution in [2.45, 2.75) is 57.9 Å². The number of hydrogen-bond donors (Lipinski definition) is 3. The maximum atomic E-state index is 14.4. The zero-order chi connectivity index (χ0) is 29.4. The smallest absolute Gasteiger partial charge is 0.267 e. The van der Waals surface area contributed by atoms with Gasteiger partial charge in [0.25, 0.3) is 5.91 Å². The molecule has 2 aromatic heterocycles. The fourth-order valence-corrected chi connectivity index (χ4v) is 6.36. The van der Waals surface area contributed by atoms with Crippen molar-refractivity contribution in [1.82, 2.24) is 20.1 Å². The van der Waals surface area contributed by atoms with E-state index in [0.717, 1.165) is 75.0 Å². The van der Waals surface area contributed by atoms with E-state index in [0.29, 0.717) is 29.0 Å². The first-order valence-electron chi connectivity index (χ1n) is 14.8. The Morgan fingerprint density at radius 3 is 2.74 bits per heavy atom. The molecule has 3 N–H and O–H groups in total. The predicted molar refractivity (Wildman–Crippen MR) is 164 cm³/mol. The van der Waals surface area contributed by atoms with Gasteiger partial charge in [0.05, 0.1) is 17.8 Å². The average Bonchev–Trinajstić information content (AvgIpc) is 3.59. The minimum atomic E-state index is -0.700. The Hall–Kier alpha value is -3.18. The molecule has 0 bridgehead atoms. The second-order valence-electron chi connectivity index (χ2n) is 11.9. The normalized spacial score (nSPS) is 21.1. The van der Waals surface area contributed by atoms with Crippen LogP contribution < -0.4 is 10.1 Å². The molecule has 43 heavy (non-hydrogen) atoms. The summed E-state index contributed by atoms with van der Waals surface area (Å²) < 4.78 is 39.2. The molecule has 4 heterocycles. The summed E-state index contributed by atoms with van der Waals surface area (Å²) in [5.74, 6) is -0.708. The number of nitrogens with zero attached hydrogens (tertiary/aromatic N) is 2. The van der Waals surface area contributed by atoms with Gasteiger partial charge >= 0.3 is 0 Å². The van der Waals surface area contributed by atoms with Crippen LogP contribution in [-0.4, -0.2) is 76.7 Å². The van der Waals surface area contributed by atoms with Gasteiger partial charge in [-0.1, -0.05) is 13.0 Å². The highest BCUT2D eigenvalue weighted by Gasteiger charge is 2.29. The number of fused-ring (bicyclic) bond motifs is 2. The predicted octanol–water partition coefficient (Wildman–Crippen LogP) is 5.48. The summed E-state index contributed by atoms with van der Waals surface area (Å²) in [6.45, 7) is 9.15. The number of halogens is 3. The van der Waals surface area contributed by atoms with Gasteiger partial charge in [0, 0.05) is 73.4 Å². The number of likely N-dealkylation sites (tertiary alicyclic amines) is 2. The maximum Gasteiger partial charge on any atom is 0.267 e. The lowest BCUT2D eigenvalue weighted by Crippen LogP contribution is -2.52. The number of aliphatic hydroxyl groups is 1. The molecule has 4 aromatic rings. The highest BCUT2D eigenvalue weighted by molar-refractivity contribution is 5.99. The third kappa shape index (κ3) is 6.82. The van der Waals surface area contributed by atoms with Crippen molar-refractivity contribution < 1.29 is 27.8 Å². The van der Waals surface area contributed by atoms with Gasteiger partial charge in [-0.25, -0.2) is 8.78 Å². The topological polar surface area (TPSA) is 94.0 Å². The van der Waals surface area contributed by atoms with Gasteiger partial charge in [-0.2, -0.15) is 0 Å². The standard InChI is InChI=1S/C32H38F2N4O4.ClH/c1-19-15-38(11-8-28(19)39)20(2)16-37-9-6-23(7-10-37)35-32(40)27-14-24-26(36-27)4-3-5-29(24)41-17-21-18-42-30-13-22(33)12-25(34)31(21)30;/h3-5,12-14,18-20,23,28,36,39H,6-11,15-17H2,1-2H3,(H,35,40);1H/t19-,20-,28-;/m0./s1. The number of amides is 1. The summed E-state index contributed by atoms with van der Waals surface area (Å²) in [6, 6.07) is 9.77. The van der Waals surface area contributed by atoms with Crippen LogP contribution in [-0.2, 0) is 6.61 Å². The number of aromatic amines is 1. The minimum Gasteiger partial charge on any atom is -0.488 e. The van der Waals surface area contributed by atoms with Crippen LogP contribution in [0.25, 0.3) is 21.9 Å². The van der Waals surface area contributed by atoms with Crippen molar-refractivity contribution in [2.75, 3.05) is 32.7 Å². The fraction of sp³-hybridized carbons (Fsp3) is 0.469. The Balaban J connectivity index is 0.00000368. The summed E-state index contributed by atoms with van der Waals surface area (Å²) in [5.41, 5.74) is 1.81. The minimum absolute atomic E-state index is 0. The number of piperidine rings is 2. The molecule has 0 saturated carbocycles. The molecule has 0 aliphatic carbocycles. The number of carbonyl (C=O) groups excluding carboxylic acids is 1. The van der Waals surface area contributed by atoms with Crippen LogP contribution in [0.1, 0.15) is 49.2 Å². The molecular formula is C32H39ClF2N4O4. The van der Waals surface area contributed by atoms with Gasteiger partial charge in [0.2, 0.25) is 0 Å². The van der Waals surface area contributed by atoms with Crippen LogP contribution in [0.4, 0.5) is 8.78 Å². The Morgan fingerprint density at radius 2 is 1.98 bits per heavy atom. The van der Waals surface area contributed by atoms with Gasteiger partial charge in [-0.3, -0.25) is 9.69 Å². The molecule has 11 heteroatoms. The third-order valence-electron chi connectivity index (χ3n) is 8.88. The number of rotatable bonds is 8. The molecule has 2 saturated heterocycles. The van der Waals surface area contributed by atoms with Crippen LogP contribution in [0.2, 0.25) is 0 Å². The Morgan fingerprint density at radius 1 is 1.19 bits per heavy atom. The van der Waals surface area contributed by atoms with Crippen LogP contribution in [0.3, 0.4) is 0 Å². The van der Waals surface area contributed by atoms with E-state index >= 15 is 0 Å². The molecule has 2 fully saturated rings. The first kappa shape index (κ1) is 31.3. The van der Waals surface area contributed by atoms with Crippen molar-refractivity contribution in [2.24, 2.45) is 5.92 Å². The van der Waals surface area contributed by atoms with Crippen LogP contribution >= 0.6 is 12.4 Å². The molecule has 0 spiro atoms. The first-order valence-corrected chi connectivity index (χ1v) is 14.8.